The highest BCUT2D eigenvalue weighted by atomic mass is 32.2. The van der Waals surface area contributed by atoms with Gasteiger partial charge in [0.05, 0.1) is 14.2 Å². The van der Waals surface area contributed by atoms with E-state index in [0.29, 0.717) is 23.7 Å². The van der Waals surface area contributed by atoms with Crippen molar-refractivity contribution >= 4 is 35.3 Å². The van der Waals surface area contributed by atoms with Gasteiger partial charge in [0.15, 0.2) is 5.16 Å². The molecule has 0 aliphatic rings. The maximum absolute atomic E-state index is 12.2. The van der Waals surface area contributed by atoms with Crippen molar-refractivity contribution in [1.29, 1.82) is 0 Å². The summed E-state index contributed by atoms with van der Waals surface area (Å²) in [5, 5.41) is 3.03. The highest BCUT2D eigenvalue weighted by molar-refractivity contribution is 7.99. The number of amides is 1. The summed E-state index contributed by atoms with van der Waals surface area (Å²) in [4.78, 5) is 31.4. The van der Waals surface area contributed by atoms with Crippen molar-refractivity contribution in [3.63, 3.8) is 0 Å². The minimum absolute atomic E-state index is 0.0118. The van der Waals surface area contributed by atoms with Crippen LogP contribution in [-0.4, -0.2) is 64.6 Å². The molecular formula is C17H26N8O3S. The SMILES string of the molecule is CCN(CC)CCC(=O)Nc1cc(N)nc(Sc2c(OC)nc(N)nc2OC)n1. The Morgan fingerprint density at radius 2 is 1.72 bits per heavy atom. The minimum atomic E-state index is -0.156. The Bertz CT molecular complexity index is 822. The summed E-state index contributed by atoms with van der Waals surface area (Å²) in [6.45, 7) is 6.55. The number of nitrogen functional groups attached to an aromatic ring is 2. The molecule has 2 rings (SSSR count). The standard InChI is InChI=1S/C17H26N8O3S/c1-5-25(6-2)8-7-12(26)21-11-9-10(18)20-17(22-11)29-13-14(27-3)23-16(19)24-15(13)28-4/h9H,5-8H2,1-4H3,(H2,19,23,24)(H3,18,20,21,22,26). The number of carbonyl (C=O) groups is 1. The zero-order valence-electron chi connectivity index (χ0n) is 16.9. The molecule has 0 atom stereocenters. The van der Waals surface area contributed by atoms with Crippen LogP contribution in [0.25, 0.3) is 0 Å². The third-order valence-corrected chi connectivity index (χ3v) is 4.86. The first kappa shape index (κ1) is 22.4. The van der Waals surface area contributed by atoms with E-state index in [0.717, 1.165) is 24.9 Å². The molecule has 0 fully saturated rings. The molecule has 0 unspecified atom stereocenters. The smallest absolute Gasteiger partial charge is 0.236 e. The molecule has 2 aromatic rings. The van der Waals surface area contributed by atoms with E-state index in [1.54, 1.807) is 0 Å². The fraction of sp³-hybridized carbons (Fsp3) is 0.471. The van der Waals surface area contributed by atoms with Crippen molar-refractivity contribution in [2.24, 2.45) is 0 Å². The molecule has 1 amide bonds. The van der Waals surface area contributed by atoms with Crippen LogP contribution in [0.3, 0.4) is 0 Å². The van der Waals surface area contributed by atoms with E-state index in [1.807, 2.05) is 0 Å². The molecule has 158 valence electrons. The summed E-state index contributed by atoms with van der Waals surface area (Å²) in [5.41, 5.74) is 11.5. The Morgan fingerprint density at radius 3 is 2.28 bits per heavy atom. The normalized spacial score (nSPS) is 10.8. The summed E-state index contributed by atoms with van der Waals surface area (Å²) in [5.74, 6) is 0.801. The molecule has 0 saturated carbocycles. The van der Waals surface area contributed by atoms with Crippen LogP contribution in [-0.2, 0) is 4.79 Å². The number of hydrogen-bond donors (Lipinski definition) is 3. The van der Waals surface area contributed by atoms with Gasteiger partial charge in [-0.1, -0.05) is 13.8 Å². The second kappa shape index (κ2) is 10.6. The van der Waals surface area contributed by atoms with Crippen molar-refractivity contribution in [2.75, 3.05) is 50.6 Å². The number of hydrogen-bond acceptors (Lipinski definition) is 11. The lowest BCUT2D eigenvalue weighted by molar-refractivity contribution is -0.116. The molecule has 0 spiro atoms. The van der Waals surface area contributed by atoms with Crippen LogP contribution >= 0.6 is 11.8 Å². The van der Waals surface area contributed by atoms with Crippen molar-refractivity contribution in [2.45, 2.75) is 30.3 Å². The fourth-order valence-electron chi connectivity index (χ4n) is 2.44. The number of methoxy groups -OCH3 is 2. The number of carbonyl (C=O) groups excluding carboxylic acids is 1. The van der Waals surface area contributed by atoms with Crippen LogP contribution in [0, 0.1) is 0 Å². The summed E-state index contributed by atoms with van der Waals surface area (Å²) in [6, 6.07) is 1.49. The summed E-state index contributed by atoms with van der Waals surface area (Å²) < 4.78 is 10.5. The molecule has 0 aliphatic heterocycles. The van der Waals surface area contributed by atoms with Gasteiger partial charge in [0.2, 0.25) is 23.6 Å². The lowest BCUT2D eigenvalue weighted by Gasteiger charge is -2.17. The second-order valence-corrected chi connectivity index (χ2v) is 6.79. The third kappa shape index (κ3) is 6.32. The molecule has 0 aromatic carbocycles. The highest BCUT2D eigenvalue weighted by Crippen LogP contribution is 2.39. The summed E-state index contributed by atoms with van der Waals surface area (Å²) in [6.07, 6.45) is 0.349. The van der Waals surface area contributed by atoms with Gasteiger partial charge in [-0.3, -0.25) is 4.79 Å². The molecule has 29 heavy (non-hydrogen) atoms. The topological polar surface area (TPSA) is 154 Å². The predicted molar refractivity (Wildman–Crippen MR) is 111 cm³/mol. The zero-order valence-corrected chi connectivity index (χ0v) is 17.7. The molecule has 0 aliphatic carbocycles. The number of aromatic nitrogens is 4. The molecule has 0 bridgehead atoms. The molecule has 5 N–H and O–H groups in total. The largest absolute Gasteiger partial charge is 0.480 e. The number of nitrogens with zero attached hydrogens (tertiary/aromatic N) is 5. The Balaban J connectivity index is 2.19. The number of nitrogens with one attached hydrogen (secondary N) is 1. The summed E-state index contributed by atoms with van der Waals surface area (Å²) >= 11 is 1.09. The number of ether oxygens (including phenoxy) is 2. The minimum Gasteiger partial charge on any atom is -0.480 e. The van der Waals surface area contributed by atoms with E-state index in [4.69, 9.17) is 20.9 Å². The van der Waals surface area contributed by atoms with Crippen LogP contribution in [0.4, 0.5) is 17.6 Å². The molecule has 11 nitrogen and oxygen atoms in total. The highest BCUT2D eigenvalue weighted by Gasteiger charge is 2.19. The van der Waals surface area contributed by atoms with E-state index in [9.17, 15) is 4.79 Å². The van der Waals surface area contributed by atoms with E-state index in [2.05, 4.69) is 44.0 Å². The van der Waals surface area contributed by atoms with Crippen LogP contribution in [0.15, 0.2) is 16.1 Å². The second-order valence-electron chi connectivity index (χ2n) is 5.82. The van der Waals surface area contributed by atoms with Crippen molar-refractivity contribution < 1.29 is 14.3 Å². The zero-order chi connectivity index (χ0) is 21.4. The van der Waals surface area contributed by atoms with Gasteiger partial charge in [0.25, 0.3) is 0 Å². The van der Waals surface area contributed by atoms with Crippen molar-refractivity contribution in [3.05, 3.63) is 6.07 Å². The number of nitrogens with two attached hydrogens (primary N) is 2. The lowest BCUT2D eigenvalue weighted by atomic mass is 10.3. The van der Waals surface area contributed by atoms with Gasteiger partial charge >= 0.3 is 0 Å². The molecular weight excluding hydrogens is 396 g/mol. The molecule has 0 radical (unpaired) electrons. The van der Waals surface area contributed by atoms with E-state index in [1.165, 1.54) is 20.3 Å². The van der Waals surface area contributed by atoms with Gasteiger partial charge in [-0.05, 0) is 24.9 Å². The van der Waals surface area contributed by atoms with Crippen LogP contribution in [0.2, 0.25) is 0 Å². The van der Waals surface area contributed by atoms with Crippen LogP contribution in [0.1, 0.15) is 20.3 Å². The first-order valence-electron chi connectivity index (χ1n) is 9.00. The van der Waals surface area contributed by atoms with Crippen LogP contribution < -0.4 is 26.3 Å². The third-order valence-electron chi connectivity index (χ3n) is 3.94. The number of anilines is 3. The maximum Gasteiger partial charge on any atom is 0.236 e. The molecule has 0 saturated heterocycles. The number of rotatable bonds is 10. The van der Waals surface area contributed by atoms with Gasteiger partial charge in [-0.15, -0.1) is 0 Å². The average molecular weight is 423 g/mol. The Hall–Kier alpha value is -2.86. The van der Waals surface area contributed by atoms with E-state index in [-0.39, 0.29) is 34.6 Å². The molecule has 12 heteroatoms. The molecule has 2 aromatic heterocycles. The first-order valence-corrected chi connectivity index (χ1v) is 9.81. The van der Waals surface area contributed by atoms with Gasteiger partial charge in [0.1, 0.15) is 16.5 Å². The van der Waals surface area contributed by atoms with Gasteiger partial charge in [-0.25, -0.2) is 9.97 Å². The Kier molecular flexibility index (Phi) is 8.21. The van der Waals surface area contributed by atoms with Crippen molar-refractivity contribution in [3.8, 4) is 11.8 Å². The van der Waals surface area contributed by atoms with Crippen molar-refractivity contribution in [1.82, 2.24) is 24.8 Å². The Morgan fingerprint density at radius 1 is 1.10 bits per heavy atom. The molecule has 2 heterocycles. The Labute approximate surface area is 173 Å². The van der Waals surface area contributed by atoms with Gasteiger partial charge in [-0.2, -0.15) is 9.97 Å². The predicted octanol–water partition coefficient (Wildman–Crippen LogP) is 1.27. The average Bonchev–Trinajstić information content (AvgIpc) is 2.69. The van der Waals surface area contributed by atoms with E-state index >= 15 is 0 Å². The quantitative estimate of drug-likeness (QED) is 0.474. The lowest BCUT2D eigenvalue weighted by Crippen LogP contribution is -2.27. The fourth-order valence-corrected chi connectivity index (χ4v) is 3.35. The maximum atomic E-state index is 12.2. The summed E-state index contributed by atoms with van der Waals surface area (Å²) in [7, 11) is 2.90. The van der Waals surface area contributed by atoms with Gasteiger partial charge in [0, 0.05) is 19.0 Å². The first-order chi connectivity index (χ1) is 13.9. The van der Waals surface area contributed by atoms with E-state index < -0.39 is 0 Å². The van der Waals surface area contributed by atoms with Crippen LogP contribution in [0.5, 0.6) is 11.8 Å². The van der Waals surface area contributed by atoms with Gasteiger partial charge < -0.3 is 31.2 Å². The monoisotopic (exact) mass is 422 g/mol.